The van der Waals surface area contributed by atoms with Crippen molar-refractivity contribution >= 4 is 90.8 Å². The Balaban J connectivity index is 1.62. The summed E-state index contributed by atoms with van der Waals surface area (Å²) in [4.78, 5) is 16.4. The third-order valence-electron chi connectivity index (χ3n) is 3.20. The SMILES string of the molecule is O=C(/C=C/c1ccc(Cl)cc1Cl)NC(=S)Nc1nc2c(Cl)cccc2s1. The first-order valence-electron chi connectivity index (χ1n) is 7.22. The molecular formula is C17H10Cl3N3OS2. The second kappa shape index (κ2) is 8.33. The number of halogens is 3. The highest BCUT2D eigenvalue weighted by atomic mass is 35.5. The molecule has 0 aliphatic carbocycles. The number of nitrogens with zero attached hydrogens (tertiary/aromatic N) is 1. The fraction of sp³-hybridized carbons (Fsp3) is 0. The summed E-state index contributed by atoms with van der Waals surface area (Å²) in [6.45, 7) is 0. The van der Waals surface area contributed by atoms with E-state index in [1.54, 1.807) is 30.3 Å². The monoisotopic (exact) mass is 441 g/mol. The number of thiazole rings is 1. The molecule has 3 rings (SSSR count). The molecule has 0 aliphatic rings. The van der Waals surface area contributed by atoms with Gasteiger partial charge in [0.1, 0.15) is 5.52 Å². The summed E-state index contributed by atoms with van der Waals surface area (Å²) in [5.41, 5.74) is 1.36. The predicted molar refractivity (Wildman–Crippen MR) is 114 cm³/mol. The molecule has 0 bridgehead atoms. The lowest BCUT2D eigenvalue weighted by Crippen LogP contribution is -2.32. The Hall–Kier alpha value is -1.70. The van der Waals surface area contributed by atoms with Crippen molar-refractivity contribution in [3.8, 4) is 0 Å². The highest BCUT2D eigenvalue weighted by Crippen LogP contribution is 2.30. The maximum atomic E-state index is 12.0. The summed E-state index contributed by atoms with van der Waals surface area (Å²) in [6, 6.07) is 10.5. The van der Waals surface area contributed by atoms with Crippen LogP contribution in [0.3, 0.4) is 0 Å². The summed E-state index contributed by atoms with van der Waals surface area (Å²) in [7, 11) is 0. The number of fused-ring (bicyclic) bond motifs is 1. The predicted octanol–water partition coefficient (Wildman–Crippen LogP) is 5.78. The Bertz CT molecular complexity index is 1030. The molecule has 26 heavy (non-hydrogen) atoms. The van der Waals surface area contributed by atoms with Crippen molar-refractivity contribution in [1.82, 2.24) is 10.3 Å². The van der Waals surface area contributed by atoms with Crippen molar-refractivity contribution in [3.63, 3.8) is 0 Å². The van der Waals surface area contributed by atoms with Crippen LogP contribution in [-0.2, 0) is 4.79 Å². The van der Waals surface area contributed by atoms with Gasteiger partial charge in [-0.3, -0.25) is 10.1 Å². The standard InChI is InChI=1S/C17H10Cl3N3OS2/c18-10-6-4-9(12(20)8-10)5-7-14(24)21-16(25)23-17-22-15-11(19)2-1-3-13(15)26-17/h1-8H,(H2,21,22,23,24,25)/b7-5+. The molecule has 1 amide bonds. The third kappa shape index (κ3) is 4.72. The molecule has 9 heteroatoms. The van der Waals surface area contributed by atoms with E-state index >= 15 is 0 Å². The van der Waals surface area contributed by atoms with E-state index in [1.165, 1.54) is 17.4 Å². The van der Waals surface area contributed by atoms with Crippen LogP contribution in [0.4, 0.5) is 5.13 Å². The van der Waals surface area contributed by atoms with Gasteiger partial charge in [-0.05, 0) is 48.1 Å². The fourth-order valence-electron chi connectivity index (χ4n) is 2.05. The zero-order valence-electron chi connectivity index (χ0n) is 12.9. The summed E-state index contributed by atoms with van der Waals surface area (Å²) in [6.07, 6.45) is 2.91. The molecule has 3 aromatic rings. The Labute approximate surface area is 173 Å². The quantitative estimate of drug-likeness (QED) is 0.398. The average molecular weight is 443 g/mol. The van der Waals surface area contributed by atoms with Crippen molar-refractivity contribution in [2.24, 2.45) is 0 Å². The molecule has 132 valence electrons. The molecular weight excluding hydrogens is 433 g/mol. The van der Waals surface area contributed by atoms with Crippen LogP contribution in [0.15, 0.2) is 42.5 Å². The van der Waals surface area contributed by atoms with Crippen LogP contribution in [0.1, 0.15) is 5.56 Å². The molecule has 0 radical (unpaired) electrons. The number of carbonyl (C=O) groups is 1. The molecule has 0 fully saturated rings. The van der Waals surface area contributed by atoms with E-state index in [1.807, 2.05) is 12.1 Å². The normalized spacial score (nSPS) is 11.0. The minimum absolute atomic E-state index is 0.136. The van der Waals surface area contributed by atoms with Crippen LogP contribution < -0.4 is 10.6 Å². The third-order valence-corrected chi connectivity index (χ3v) is 5.21. The van der Waals surface area contributed by atoms with Gasteiger partial charge in [-0.1, -0.05) is 58.3 Å². The number of aromatic nitrogens is 1. The molecule has 1 heterocycles. The van der Waals surface area contributed by atoms with Gasteiger partial charge in [0.05, 0.1) is 9.72 Å². The first-order chi connectivity index (χ1) is 12.4. The number of thiocarbonyl (C=S) groups is 1. The topological polar surface area (TPSA) is 54.0 Å². The second-order valence-electron chi connectivity index (χ2n) is 5.05. The number of carbonyl (C=O) groups excluding carboxylic acids is 1. The Morgan fingerprint density at radius 3 is 2.69 bits per heavy atom. The molecule has 0 saturated heterocycles. The van der Waals surface area contributed by atoms with Crippen LogP contribution in [0.2, 0.25) is 15.1 Å². The average Bonchev–Trinajstić information content (AvgIpc) is 2.97. The van der Waals surface area contributed by atoms with E-state index in [2.05, 4.69) is 15.6 Å². The maximum absolute atomic E-state index is 12.0. The van der Waals surface area contributed by atoms with Crippen molar-refractivity contribution in [1.29, 1.82) is 0 Å². The lowest BCUT2D eigenvalue weighted by molar-refractivity contribution is -0.115. The molecule has 1 aromatic heterocycles. The van der Waals surface area contributed by atoms with Gasteiger partial charge < -0.3 is 5.32 Å². The van der Waals surface area contributed by atoms with Crippen LogP contribution in [-0.4, -0.2) is 16.0 Å². The highest BCUT2D eigenvalue weighted by molar-refractivity contribution is 7.80. The molecule has 0 saturated carbocycles. The summed E-state index contributed by atoms with van der Waals surface area (Å²) in [5.74, 6) is -0.396. The summed E-state index contributed by atoms with van der Waals surface area (Å²) in [5, 5.41) is 7.64. The number of nitrogens with one attached hydrogen (secondary N) is 2. The van der Waals surface area contributed by atoms with E-state index in [9.17, 15) is 4.79 Å². The van der Waals surface area contributed by atoms with Crippen LogP contribution in [0.25, 0.3) is 16.3 Å². The van der Waals surface area contributed by atoms with Gasteiger partial charge in [0.25, 0.3) is 0 Å². The van der Waals surface area contributed by atoms with E-state index in [0.29, 0.717) is 31.3 Å². The lowest BCUT2D eigenvalue weighted by atomic mass is 10.2. The van der Waals surface area contributed by atoms with Crippen LogP contribution in [0, 0.1) is 0 Å². The Kier molecular flexibility index (Phi) is 6.11. The minimum atomic E-state index is -0.396. The van der Waals surface area contributed by atoms with Gasteiger partial charge in [-0.15, -0.1) is 0 Å². The Morgan fingerprint density at radius 1 is 1.15 bits per heavy atom. The lowest BCUT2D eigenvalue weighted by Gasteiger charge is -2.04. The van der Waals surface area contributed by atoms with Crippen molar-refractivity contribution in [3.05, 3.63) is 63.1 Å². The zero-order valence-corrected chi connectivity index (χ0v) is 16.8. The molecule has 4 nitrogen and oxygen atoms in total. The number of para-hydroxylation sites is 1. The van der Waals surface area contributed by atoms with Gasteiger partial charge in [0.2, 0.25) is 5.91 Å². The van der Waals surface area contributed by atoms with Crippen molar-refractivity contribution in [2.75, 3.05) is 5.32 Å². The van der Waals surface area contributed by atoms with Crippen LogP contribution in [0.5, 0.6) is 0 Å². The molecule has 2 aromatic carbocycles. The van der Waals surface area contributed by atoms with Gasteiger partial charge in [-0.2, -0.15) is 0 Å². The van der Waals surface area contributed by atoms with Gasteiger partial charge in [0.15, 0.2) is 10.2 Å². The highest BCUT2D eigenvalue weighted by Gasteiger charge is 2.09. The number of amides is 1. The maximum Gasteiger partial charge on any atom is 0.250 e. The second-order valence-corrected chi connectivity index (χ2v) is 7.74. The first-order valence-corrected chi connectivity index (χ1v) is 9.58. The van der Waals surface area contributed by atoms with E-state index in [4.69, 9.17) is 47.0 Å². The van der Waals surface area contributed by atoms with Gasteiger partial charge >= 0.3 is 0 Å². The number of hydrogen-bond donors (Lipinski definition) is 2. The van der Waals surface area contributed by atoms with Crippen molar-refractivity contribution < 1.29 is 4.79 Å². The largest absolute Gasteiger partial charge is 0.308 e. The zero-order chi connectivity index (χ0) is 18.7. The molecule has 0 aliphatic heterocycles. The van der Waals surface area contributed by atoms with Crippen molar-refractivity contribution in [2.45, 2.75) is 0 Å². The molecule has 0 atom stereocenters. The number of benzene rings is 2. The fourth-order valence-corrected chi connectivity index (χ4v) is 3.96. The smallest absolute Gasteiger partial charge is 0.250 e. The number of anilines is 1. The Morgan fingerprint density at radius 2 is 1.96 bits per heavy atom. The molecule has 0 unspecified atom stereocenters. The van der Waals surface area contributed by atoms with E-state index in [-0.39, 0.29) is 5.11 Å². The van der Waals surface area contributed by atoms with Crippen LogP contribution >= 0.6 is 58.4 Å². The first kappa shape index (κ1) is 19.1. The van der Waals surface area contributed by atoms with Gasteiger partial charge in [0, 0.05) is 16.1 Å². The summed E-state index contributed by atoms with van der Waals surface area (Å²) < 4.78 is 0.923. The van der Waals surface area contributed by atoms with E-state index < -0.39 is 5.91 Å². The summed E-state index contributed by atoms with van der Waals surface area (Å²) >= 11 is 24.5. The minimum Gasteiger partial charge on any atom is -0.308 e. The number of hydrogen-bond acceptors (Lipinski definition) is 4. The number of rotatable bonds is 3. The molecule has 2 N–H and O–H groups in total. The molecule has 0 spiro atoms. The van der Waals surface area contributed by atoms with Gasteiger partial charge in [-0.25, -0.2) is 4.98 Å². The van der Waals surface area contributed by atoms with E-state index in [0.717, 1.165) is 4.70 Å².